The van der Waals surface area contributed by atoms with Crippen LogP contribution >= 0.6 is 35.0 Å². The Morgan fingerprint density at radius 1 is 1.18 bits per heavy atom. The van der Waals surface area contributed by atoms with Gasteiger partial charge in [0.25, 0.3) is 17.1 Å². The number of hydrogen-bond donors (Lipinski definition) is 1. The number of pyridine rings is 1. The Labute approximate surface area is 209 Å². The lowest BCUT2D eigenvalue weighted by Gasteiger charge is -2.13. The highest BCUT2D eigenvalue weighted by Crippen LogP contribution is 2.31. The Morgan fingerprint density at radius 3 is 2.71 bits per heavy atom. The molecule has 11 heteroatoms. The fraction of sp³-hybridized carbons (Fsp3) is 0.174. The molecule has 0 atom stereocenters. The first-order chi connectivity index (χ1) is 16.3. The summed E-state index contributed by atoms with van der Waals surface area (Å²) < 4.78 is 1.51. The quantitative estimate of drug-likeness (QED) is 0.468. The Morgan fingerprint density at radius 2 is 1.97 bits per heavy atom. The van der Waals surface area contributed by atoms with Crippen molar-refractivity contribution in [3.8, 4) is 0 Å². The van der Waals surface area contributed by atoms with Gasteiger partial charge >= 0.3 is 0 Å². The van der Waals surface area contributed by atoms with Gasteiger partial charge in [-0.3, -0.25) is 24.3 Å². The zero-order valence-corrected chi connectivity index (χ0v) is 20.3. The molecule has 1 aliphatic rings. The van der Waals surface area contributed by atoms with Crippen LogP contribution in [0.4, 0.5) is 4.79 Å². The molecule has 174 valence electrons. The number of rotatable bonds is 7. The fourth-order valence-corrected chi connectivity index (χ4v) is 4.76. The van der Waals surface area contributed by atoms with Crippen molar-refractivity contribution >= 4 is 58.1 Å². The summed E-state index contributed by atoms with van der Waals surface area (Å²) in [4.78, 5) is 43.1. The van der Waals surface area contributed by atoms with Gasteiger partial charge in [-0.15, -0.1) is 0 Å². The molecule has 3 amide bonds. The summed E-state index contributed by atoms with van der Waals surface area (Å²) in [5.41, 5.74) is 2.24. The van der Waals surface area contributed by atoms with Gasteiger partial charge < -0.3 is 5.32 Å². The van der Waals surface area contributed by atoms with E-state index in [9.17, 15) is 14.4 Å². The van der Waals surface area contributed by atoms with Gasteiger partial charge in [0.1, 0.15) is 5.15 Å². The largest absolute Gasteiger partial charge is 0.350 e. The molecule has 3 aromatic rings. The van der Waals surface area contributed by atoms with E-state index in [1.807, 2.05) is 18.2 Å². The van der Waals surface area contributed by atoms with Crippen LogP contribution in [-0.4, -0.2) is 49.8 Å². The van der Waals surface area contributed by atoms with Gasteiger partial charge in [-0.1, -0.05) is 47.5 Å². The van der Waals surface area contributed by atoms with Crippen molar-refractivity contribution in [2.24, 2.45) is 0 Å². The molecular weight excluding hydrogens is 497 g/mol. The number of carbonyl (C=O) groups excluding carboxylic acids is 3. The van der Waals surface area contributed by atoms with Crippen LogP contribution < -0.4 is 5.32 Å². The van der Waals surface area contributed by atoms with Crippen LogP contribution in [0.3, 0.4) is 0 Å². The predicted octanol–water partition coefficient (Wildman–Crippen LogP) is 4.41. The number of aryl methyl sites for hydroxylation is 1. The Kier molecular flexibility index (Phi) is 7.35. The summed E-state index contributed by atoms with van der Waals surface area (Å²) in [7, 11) is 0. The molecule has 4 rings (SSSR count). The second kappa shape index (κ2) is 10.4. The van der Waals surface area contributed by atoms with Crippen LogP contribution in [0, 0.1) is 6.92 Å². The third-order valence-electron chi connectivity index (χ3n) is 5.05. The average molecular weight is 516 g/mol. The van der Waals surface area contributed by atoms with Gasteiger partial charge in [0.05, 0.1) is 22.7 Å². The van der Waals surface area contributed by atoms with E-state index in [4.69, 9.17) is 23.2 Å². The number of imide groups is 1. The number of nitrogens with zero attached hydrogens (tertiary/aromatic N) is 4. The van der Waals surface area contributed by atoms with E-state index in [1.54, 1.807) is 43.6 Å². The molecule has 1 saturated heterocycles. The standard InChI is InChI=1S/C23H19Cl2N5O3S/c1-14-19(20(25)30(28-14)13-16-6-2-3-7-17(16)24)21(31)27-9-10-29-22(32)18(34-23(29)33)11-15-5-4-8-26-12-15/h2-8,11-12H,9-10,13H2,1H3,(H,27,31)/b18-11+. The molecule has 1 aromatic carbocycles. The second-order valence-electron chi connectivity index (χ2n) is 7.38. The van der Waals surface area contributed by atoms with Crippen molar-refractivity contribution in [3.63, 3.8) is 0 Å². The SMILES string of the molecule is Cc1nn(Cc2ccccc2Cl)c(Cl)c1C(=O)NCCN1C(=O)S/C(=C/c2cccnc2)C1=O. The van der Waals surface area contributed by atoms with Crippen molar-refractivity contribution in [2.75, 3.05) is 13.1 Å². The average Bonchev–Trinajstić information content (AvgIpc) is 3.24. The summed E-state index contributed by atoms with van der Waals surface area (Å²) in [6.07, 6.45) is 4.85. The molecule has 1 aliphatic heterocycles. The summed E-state index contributed by atoms with van der Waals surface area (Å²) in [6, 6.07) is 10.8. The lowest BCUT2D eigenvalue weighted by atomic mass is 10.2. The molecular formula is C23H19Cl2N5O3S. The van der Waals surface area contributed by atoms with Gasteiger partial charge in [0, 0.05) is 30.5 Å². The minimum atomic E-state index is -0.439. The molecule has 1 fully saturated rings. The van der Waals surface area contributed by atoms with E-state index in [1.165, 1.54) is 4.68 Å². The molecule has 0 spiro atoms. The summed E-state index contributed by atoms with van der Waals surface area (Å²) >= 11 is 13.5. The van der Waals surface area contributed by atoms with Crippen LogP contribution in [0.5, 0.6) is 0 Å². The highest BCUT2D eigenvalue weighted by Gasteiger charge is 2.34. The van der Waals surface area contributed by atoms with Crippen LogP contribution in [0.15, 0.2) is 53.7 Å². The van der Waals surface area contributed by atoms with E-state index in [-0.39, 0.29) is 23.8 Å². The third kappa shape index (κ3) is 5.16. The first-order valence-electron chi connectivity index (χ1n) is 10.2. The molecule has 3 heterocycles. The lowest BCUT2D eigenvalue weighted by Crippen LogP contribution is -2.37. The first kappa shape index (κ1) is 24.0. The predicted molar refractivity (Wildman–Crippen MR) is 132 cm³/mol. The summed E-state index contributed by atoms with van der Waals surface area (Å²) in [5, 5.41) is 7.44. The van der Waals surface area contributed by atoms with E-state index >= 15 is 0 Å². The Bertz CT molecular complexity index is 1290. The lowest BCUT2D eigenvalue weighted by molar-refractivity contribution is -0.122. The zero-order chi connectivity index (χ0) is 24.2. The van der Waals surface area contributed by atoms with Gasteiger partial charge in [0.2, 0.25) is 0 Å². The molecule has 2 aromatic heterocycles. The fourth-order valence-electron chi connectivity index (χ4n) is 3.38. The minimum absolute atomic E-state index is 0.0329. The maximum Gasteiger partial charge on any atom is 0.293 e. The maximum absolute atomic E-state index is 12.8. The Balaban J connectivity index is 1.38. The van der Waals surface area contributed by atoms with Crippen molar-refractivity contribution in [1.29, 1.82) is 0 Å². The van der Waals surface area contributed by atoms with Crippen molar-refractivity contribution in [3.05, 3.63) is 86.3 Å². The van der Waals surface area contributed by atoms with E-state index in [2.05, 4.69) is 15.4 Å². The Hall–Kier alpha value is -3.14. The van der Waals surface area contributed by atoms with E-state index < -0.39 is 17.1 Å². The molecule has 0 radical (unpaired) electrons. The monoisotopic (exact) mass is 515 g/mol. The molecule has 0 unspecified atom stereocenters. The number of nitrogens with one attached hydrogen (secondary N) is 1. The zero-order valence-electron chi connectivity index (χ0n) is 18.0. The summed E-state index contributed by atoms with van der Waals surface area (Å²) in [5.74, 6) is -0.847. The second-order valence-corrected chi connectivity index (χ2v) is 9.13. The number of thioether (sulfide) groups is 1. The topological polar surface area (TPSA) is 97.2 Å². The maximum atomic E-state index is 12.8. The van der Waals surface area contributed by atoms with Crippen molar-refractivity contribution in [1.82, 2.24) is 25.0 Å². The molecule has 0 aliphatic carbocycles. The molecule has 0 bridgehead atoms. The molecule has 34 heavy (non-hydrogen) atoms. The van der Waals surface area contributed by atoms with Crippen molar-refractivity contribution < 1.29 is 14.4 Å². The van der Waals surface area contributed by atoms with Crippen LogP contribution in [0.2, 0.25) is 10.2 Å². The highest BCUT2D eigenvalue weighted by atomic mass is 35.5. The normalized spacial score (nSPS) is 14.8. The molecule has 8 nitrogen and oxygen atoms in total. The molecule has 1 N–H and O–H groups in total. The number of halogens is 2. The summed E-state index contributed by atoms with van der Waals surface area (Å²) in [6.45, 7) is 2.10. The van der Waals surface area contributed by atoms with E-state index in [0.29, 0.717) is 22.2 Å². The van der Waals surface area contributed by atoms with Crippen molar-refractivity contribution in [2.45, 2.75) is 13.5 Å². The number of aromatic nitrogens is 3. The number of carbonyl (C=O) groups is 3. The molecule has 0 saturated carbocycles. The van der Waals surface area contributed by atoms with Crippen LogP contribution in [0.1, 0.15) is 27.2 Å². The van der Waals surface area contributed by atoms with E-state index in [0.717, 1.165) is 27.8 Å². The van der Waals surface area contributed by atoms with Crippen LogP contribution in [-0.2, 0) is 11.3 Å². The van der Waals surface area contributed by atoms with Gasteiger partial charge in [-0.25, -0.2) is 4.68 Å². The number of benzene rings is 1. The number of amides is 3. The third-order valence-corrected chi connectivity index (χ3v) is 6.71. The van der Waals surface area contributed by atoms with Crippen LogP contribution in [0.25, 0.3) is 6.08 Å². The van der Waals surface area contributed by atoms with Gasteiger partial charge in [-0.05, 0) is 48.0 Å². The number of hydrogen-bond acceptors (Lipinski definition) is 6. The minimum Gasteiger partial charge on any atom is -0.350 e. The first-order valence-corrected chi connectivity index (χ1v) is 11.8. The van der Waals surface area contributed by atoms with Gasteiger partial charge in [-0.2, -0.15) is 5.10 Å². The highest BCUT2D eigenvalue weighted by molar-refractivity contribution is 8.18. The smallest absolute Gasteiger partial charge is 0.293 e. The van der Waals surface area contributed by atoms with Gasteiger partial charge in [0.15, 0.2) is 0 Å².